The highest BCUT2D eigenvalue weighted by atomic mass is 32.2. The van der Waals surface area contributed by atoms with Gasteiger partial charge in [-0.05, 0) is 25.7 Å². The molecule has 2 unspecified atom stereocenters. The summed E-state index contributed by atoms with van der Waals surface area (Å²) in [7, 11) is -3.47. The molecule has 0 aromatic rings. The van der Waals surface area contributed by atoms with Crippen molar-refractivity contribution < 1.29 is 22.5 Å². The van der Waals surface area contributed by atoms with Gasteiger partial charge in [-0.3, -0.25) is 8.98 Å². The van der Waals surface area contributed by atoms with Crippen LogP contribution in [0, 0.1) is 5.92 Å². The maximum absolute atomic E-state index is 10.8. The number of carboxylic acids is 1. The zero-order valence-corrected chi connectivity index (χ0v) is 8.79. The fourth-order valence-electron chi connectivity index (χ4n) is 1.70. The largest absolute Gasteiger partial charge is 0.481 e. The van der Waals surface area contributed by atoms with Crippen LogP contribution in [0.4, 0.5) is 0 Å². The highest BCUT2D eigenvalue weighted by Gasteiger charge is 2.29. The highest BCUT2D eigenvalue weighted by Crippen LogP contribution is 2.27. The van der Waals surface area contributed by atoms with Gasteiger partial charge in [-0.25, -0.2) is 0 Å². The summed E-state index contributed by atoms with van der Waals surface area (Å²) in [6.45, 7) is 0. The number of carboxylic acid groups (broad SMARTS) is 1. The minimum atomic E-state index is -3.47. The molecule has 6 heteroatoms. The molecule has 14 heavy (non-hydrogen) atoms. The Kier molecular flexibility index (Phi) is 3.49. The summed E-state index contributed by atoms with van der Waals surface area (Å²) >= 11 is 0. The number of hydrogen-bond donors (Lipinski definition) is 1. The molecule has 1 fully saturated rings. The normalized spacial score (nSPS) is 28.6. The van der Waals surface area contributed by atoms with Crippen LogP contribution < -0.4 is 0 Å². The predicted molar refractivity (Wildman–Crippen MR) is 49.3 cm³/mol. The molecule has 0 spiro atoms. The molecule has 1 rings (SSSR count). The number of rotatable bonds is 3. The van der Waals surface area contributed by atoms with E-state index in [0.29, 0.717) is 25.7 Å². The van der Waals surface area contributed by atoms with E-state index in [9.17, 15) is 13.2 Å². The van der Waals surface area contributed by atoms with E-state index < -0.39 is 28.1 Å². The summed E-state index contributed by atoms with van der Waals surface area (Å²) in [5.41, 5.74) is 0. The van der Waals surface area contributed by atoms with Gasteiger partial charge >= 0.3 is 5.97 Å². The van der Waals surface area contributed by atoms with Gasteiger partial charge in [0, 0.05) is 0 Å². The summed E-state index contributed by atoms with van der Waals surface area (Å²) < 4.78 is 26.4. The quantitative estimate of drug-likeness (QED) is 0.707. The average Bonchev–Trinajstić information content (AvgIpc) is 2.01. The van der Waals surface area contributed by atoms with Crippen molar-refractivity contribution in [2.75, 3.05) is 6.26 Å². The standard InChI is InChI=1S/C8H14O5S/c1-14(11,12)13-7-4-2-3-6(5-7)8(9)10/h6-7H,2-5H2,1H3,(H,9,10). The molecule has 0 aliphatic heterocycles. The van der Waals surface area contributed by atoms with Crippen LogP contribution in [0.3, 0.4) is 0 Å². The maximum Gasteiger partial charge on any atom is 0.306 e. The van der Waals surface area contributed by atoms with Crippen LogP contribution in [0.25, 0.3) is 0 Å². The van der Waals surface area contributed by atoms with Crippen molar-refractivity contribution in [3.05, 3.63) is 0 Å². The third kappa shape index (κ3) is 3.63. The fraction of sp³-hybridized carbons (Fsp3) is 0.875. The van der Waals surface area contributed by atoms with Gasteiger partial charge in [-0.2, -0.15) is 8.42 Å². The highest BCUT2D eigenvalue weighted by molar-refractivity contribution is 7.86. The number of hydrogen-bond acceptors (Lipinski definition) is 4. The van der Waals surface area contributed by atoms with Crippen molar-refractivity contribution in [3.8, 4) is 0 Å². The van der Waals surface area contributed by atoms with E-state index in [4.69, 9.17) is 9.29 Å². The second kappa shape index (κ2) is 4.27. The Labute approximate surface area is 83.2 Å². The van der Waals surface area contributed by atoms with Crippen molar-refractivity contribution in [2.24, 2.45) is 5.92 Å². The molecular formula is C8H14O5S. The molecule has 1 aliphatic rings. The molecular weight excluding hydrogens is 208 g/mol. The third-order valence-corrected chi connectivity index (χ3v) is 2.91. The van der Waals surface area contributed by atoms with Crippen molar-refractivity contribution in [2.45, 2.75) is 31.8 Å². The molecule has 0 amide bonds. The Bertz CT molecular complexity index is 308. The lowest BCUT2D eigenvalue weighted by Crippen LogP contribution is -2.29. The lowest BCUT2D eigenvalue weighted by Gasteiger charge is -2.25. The molecule has 0 aromatic heterocycles. The van der Waals surface area contributed by atoms with Crippen LogP contribution in [0.5, 0.6) is 0 Å². The Morgan fingerprint density at radius 3 is 2.57 bits per heavy atom. The Morgan fingerprint density at radius 1 is 1.43 bits per heavy atom. The zero-order chi connectivity index (χ0) is 10.8. The van der Waals surface area contributed by atoms with Crippen molar-refractivity contribution in [1.29, 1.82) is 0 Å². The average molecular weight is 222 g/mol. The van der Waals surface area contributed by atoms with Gasteiger partial charge in [0.1, 0.15) is 0 Å². The lowest BCUT2D eigenvalue weighted by molar-refractivity contribution is -0.143. The second-order valence-electron chi connectivity index (χ2n) is 3.62. The van der Waals surface area contributed by atoms with Crippen LogP contribution in [0.1, 0.15) is 25.7 Å². The van der Waals surface area contributed by atoms with Crippen LogP contribution in [0.15, 0.2) is 0 Å². The maximum atomic E-state index is 10.8. The van der Waals surface area contributed by atoms with Crippen LogP contribution in [-0.4, -0.2) is 31.9 Å². The smallest absolute Gasteiger partial charge is 0.306 e. The first-order chi connectivity index (χ1) is 6.38. The molecule has 0 saturated heterocycles. The van der Waals surface area contributed by atoms with Gasteiger partial charge in [0.25, 0.3) is 10.1 Å². The topological polar surface area (TPSA) is 80.7 Å². The molecule has 0 bridgehead atoms. The SMILES string of the molecule is CS(=O)(=O)OC1CCCC(C(=O)O)C1. The lowest BCUT2D eigenvalue weighted by atomic mass is 9.87. The molecule has 82 valence electrons. The van der Waals surface area contributed by atoms with E-state index in [1.807, 2.05) is 0 Å². The summed E-state index contributed by atoms with van der Waals surface area (Å²) in [5.74, 6) is -1.33. The molecule has 1 aliphatic carbocycles. The zero-order valence-electron chi connectivity index (χ0n) is 7.97. The number of aliphatic carboxylic acids is 1. The molecule has 5 nitrogen and oxygen atoms in total. The van der Waals surface area contributed by atoms with E-state index in [1.165, 1.54) is 0 Å². The third-order valence-electron chi connectivity index (χ3n) is 2.29. The Hall–Kier alpha value is -0.620. The van der Waals surface area contributed by atoms with E-state index in [-0.39, 0.29) is 0 Å². The van der Waals surface area contributed by atoms with Crippen LogP contribution >= 0.6 is 0 Å². The van der Waals surface area contributed by atoms with E-state index >= 15 is 0 Å². The van der Waals surface area contributed by atoms with Crippen LogP contribution in [-0.2, 0) is 19.1 Å². The summed E-state index contributed by atoms with van der Waals surface area (Å²) in [6.07, 6.45) is 2.76. The Morgan fingerprint density at radius 2 is 2.07 bits per heavy atom. The molecule has 0 heterocycles. The van der Waals surface area contributed by atoms with Gasteiger partial charge in [0.2, 0.25) is 0 Å². The van der Waals surface area contributed by atoms with Crippen molar-refractivity contribution in [1.82, 2.24) is 0 Å². The summed E-state index contributed by atoms with van der Waals surface area (Å²) in [6, 6.07) is 0. The molecule has 0 aromatic carbocycles. The molecule has 1 saturated carbocycles. The van der Waals surface area contributed by atoms with Crippen molar-refractivity contribution in [3.63, 3.8) is 0 Å². The first-order valence-corrected chi connectivity index (χ1v) is 6.31. The van der Waals surface area contributed by atoms with Gasteiger partial charge in [-0.1, -0.05) is 0 Å². The van der Waals surface area contributed by atoms with Crippen molar-refractivity contribution >= 4 is 16.1 Å². The minimum absolute atomic E-state index is 0.294. The van der Waals surface area contributed by atoms with Gasteiger partial charge in [0.05, 0.1) is 18.3 Å². The minimum Gasteiger partial charge on any atom is -0.481 e. The fourth-order valence-corrected chi connectivity index (χ4v) is 2.37. The molecule has 2 atom stereocenters. The monoisotopic (exact) mass is 222 g/mol. The van der Waals surface area contributed by atoms with Gasteiger partial charge in [0.15, 0.2) is 0 Å². The second-order valence-corrected chi connectivity index (χ2v) is 5.22. The first-order valence-electron chi connectivity index (χ1n) is 4.49. The van der Waals surface area contributed by atoms with Gasteiger partial charge < -0.3 is 5.11 Å². The van der Waals surface area contributed by atoms with Gasteiger partial charge in [-0.15, -0.1) is 0 Å². The molecule has 0 radical (unpaired) electrons. The summed E-state index contributed by atoms with van der Waals surface area (Å²) in [5, 5.41) is 8.75. The van der Waals surface area contributed by atoms with E-state index in [0.717, 1.165) is 6.26 Å². The summed E-state index contributed by atoms with van der Waals surface area (Å²) in [4.78, 5) is 10.7. The molecule has 1 N–H and O–H groups in total. The van der Waals surface area contributed by atoms with Crippen LogP contribution in [0.2, 0.25) is 0 Å². The van der Waals surface area contributed by atoms with E-state index in [1.54, 1.807) is 0 Å². The Balaban J connectivity index is 2.52. The van der Waals surface area contributed by atoms with E-state index in [2.05, 4.69) is 0 Å². The predicted octanol–water partition coefficient (Wildman–Crippen LogP) is 0.606. The first kappa shape index (κ1) is 11.5. The number of carbonyl (C=O) groups is 1.